The van der Waals surface area contributed by atoms with Gasteiger partial charge < -0.3 is 14.9 Å². The van der Waals surface area contributed by atoms with E-state index in [-0.39, 0.29) is 6.03 Å². The van der Waals surface area contributed by atoms with E-state index in [0.717, 1.165) is 51.2 Å². The van der Waals surface area contributed by atoms with Gasteiger partial charge in [0, 0.05) is 19.6 Å². The average Bonchev–Trinajstić information content (AvgIpc) is 2.28. The van der Waals surface area contributed by atoms with E-state index in [9.17, 15) is 9.90 Å². The quantitative estimate of drug-likeness (QED) is 0.700. The Hall–Kier alpha value is -0.770. The lowest BCUT2D eigenvalue weighted by Crippen LogP contribution is -2.54. The minimum absolute atomic E-state index is 0.122. The Morgan fingerprint density at radius 1 is 1.24 bits per heavy atom. The molecule has 2 rings (SSSR count). The summed E-state index contributed by atoms with van der Waals surface area (Å²) in [5.74, 6) is 0.739. The smallest absolute Gasteiger partial charge is 0.320 e. The molecular formula is C13H24N2O2. The monoisotopic (exact) mass is 240 g/mol. The number of likely N-dealkylation sites (tertiary alicyclic amines) is 2. The van der Waals surface area contributed by atoms with Crippen molar-refractivity contribution in [1.82, 2.24) is 9.80 Å². The Morgan fingerprint density at radius 3 is 2.47 bits per heavy atom. The predicted molar refractivity (Wildman–Crippen MR) is 66.8 cm³/mol. The molecule has 1 unspecified atom stereocenters. The molecule has 1 N–H and O–H groups in total. The maximum atomic E-state index is 12.3. The Labute approximate surface area is 104 Å². The Kier molecular flexibility index (Phi) is 3.61. The summed E-state index contributed by atoms with van der Waals surface area (Å²) in [5.41, 5.74) is -0.697. The summed E-state index contributed by atoms with van der Waals surface area (Å²) in [6.45, 7) is 7.09. The van der Waals surface area contributed by atoms with Crippen LogP contribution in [0.4, 0.5) is 4.79 Å². The van der Waals surface area contributed by atoms with E-state index in [1.165, 1.54) is 0 Å². The van der Waals surface area contributed by atoms with Gasteiger partial charge in [0.2, 0.25) is 0 Å². The number of carbonyl (C=O) groups excluding carboxylic acids is 1. The number of β-amino-alcohol motifs (C(OH)–C–C–N with tert-alkyl or cyclic N) is 1. The molecular weight excluding hydrogens is 216 g/mol. The third-order valence-electron chi connectivity index (χ3n) is 4.00. The third-order valence-corrected chi connectivity index (χ3v) is 4.00. The topological polar surface area (TPSA) is 43.8 Å². The van der Waals surface area contributed by atoms with Crippen molar-refractivity contribution in [2.45, 2.75) is 45.1 Å². The van der Waals surface area contributed by atoms with Crippen LogP contribution in [0, 0.1) is 5.92 Å². The molecule has 2 aliphatic rings. The summed E-state index contributed by atoms with van der Waals surface area (Å²) >= 11 is 0. The van der Waals surface area contributed by atoms with Crippen LogP contribution in [0.2, 0.25) is 0 Å². The highest BCUT2D eigenvalue weighted by Gasteiger charge is 2.33. The number of piperidine rings is 2. The van der Waals surface area contributed by atoms with E-state index < -0.39 is 5.60 Å². The lowest BCUT2D eigenvalue weighted by Gasteiger charge is -2.40. The molecule has 98 valence electrons. The maximum absolute atomic E-state index is 12.3. The fraction of sp³-hybridized carbons (Fsp3) is 0.923. The number of aliphatic hydroxyl groups is 1. The van der Waals surface area contributed by atoms with Crippen molar-refractivity contribution < 1.29 is 9.90 Å². The number of nitrogens with zero attached hydrogens (tertiary/aromatic N) is 2. The first-order valence-electron chi connectivity index (χ1n) is 6.74. The van der Waals surface area contributed by atoms with E-state index in [0.29, 0.717) is 6.54 Å². The number of rotatable bonds is 0. The van der Waals surface area contributed by atoms with Gasteiger partial charge in [-0.25, -0.2) is 4.79 Å². The molecule has 0 radical (unpaired) electrons. The van der Waals surface area contributed by atoms with Gasteiger partial charge in [-0.05, 0) is 38.5 Å². The van der Waals surface area contributed by atoms with Gasteiger partial charge in [0.25, 0.3) is 0 Å². The molecule has 0 aromatic carbocycles. The first-order chi connectivity index (χ1) is 7.98. The first kappa shape index (κ1) is 12.7. The van der Waals surface area contributed by atoms with Crippen LogP contribution in [0.25, 0.3) is 0 Å². The van der Waals surface area contributed by atoms with Crippen LogP contribution in [-0.2, 0) is 0 Å². The molecule has 2 heterocycles. The van der Waals surface area contributed by atoms with Crippen molar-refractivity contribution in [2.75, 3.05) is 26.2 Å². The van der Waals surface area contributed by atoms with E-state index in [2.05, 4.69) is 6.92 Å². The van der Waals surface area contributed by atoms with Gasteiger partial charge in [0.05, 0.1) is 12.1 Å². The molecule has 17 heavy (non-hydrogen) atoms. The fourth-order valence-corrected chi connectivity index (χ4v) is 2.78. The molecule has 0 bridgehead atoms. The van der Waals surface area contributed by atoms with Crippen LogP contribution >= 0.6 is 0 Å². The molecule has 4 heteroatoms. The Morgan fingerprint density at radius 2 is 1.88 bits per heavy atom. The highest BCUT2D eigenvalue weighted by atomic mass is 16.3. The summed E-state index contributed by atoms with van der Waals surface area (Å²) in [7, 11) is 0. The highest BCUT2D eigenvalue weighted by Crippen LogP contribution is 2.23. The van der Waals surface area contributed by atoms with Crippen LogP contribution in [0.3, 0.4) is 0 Å². The molecule has 2 amide bonds. The summed E-state index contributed by atoms with van der Waals surface area (Å²) in [6, 6.07) is 0.122. The second-order valence-electron chi connectivity index (χ2n) is 5.97. The number of urea groups is 1. The molecule has 1 atom stereocenters. The van der Waals surface area contributed by atoms with Crippen LogP contribution in [0.1, 0.15) is 39.5 Å². The summed E-state index contributed by atoms with van der Waals surface area (Å²) in [5, 5.41) is 10.0. The van der Waals surface area contributed by atoms with Gasteiger partial charge in [0.1, 0.15) is 0 Å². The largest absolute Gasteiger partial charge is 0.388 e. The van der Waals surface area contributed by atoms with Crippen molar-refractivity contribution in [2.24, 2.45) is 5.92 Å². The summed E-state index contributed by atoms with van der Waals surface area (Å²) < 4.78 is 0. The standard InChI is InChI=1S/C13H24N2O2/c1-11-4-8-14(9-5-11)12(16)15-7-3-6-13(2,17)10-15/h11,17H,3-10H2,1-2H3. The molecule has 2 saturated heterocycles. The van der Waals surface area contributed by atoms with Crippen LogP contribution in [-0.4, -0.2) is 52.7 Å². The van der Waals surface area contributed by atoms with Crippen LogP contribution < -0.4 is 0 Å². The van der Waals surface area contributed by atoms with Gasteiger partial charge in [-0.1, -0.05) is 6.92 Å². The lowest BCUT2D eigenvalue weighted by molar-refractivity contribution is -0.00875. The first-order valence-corrected chi connectivity index (χ1v) is 6.74. The van der Waals surface area contributed by atoms with Crippen molar-refractivity contribution >= 4 is 6.03 Å². The minimum atomic E-state index is -0.697. The maximum Gasteiger partial charge on any atom is 0.320 e. The zero-order valence-electron chi connectivity index (χ0n) is 11.0. The fourth-order valence-electron chi connectivity index (χ4n) is 2.78. The van der Waals surface area contributed by atoms with E-state index >= 15 is 0 Å². The van der Waals surface area contributed by atoms with Gasteiger partial charge in [0.15, 0.2) is 0 Å². The molecule has 0 spiro atoms. The predicted octanol–water partition coefficient (Wildman–Crippen LogP) is 1.69. The van der Waals surface area contributed by atoms with Gasteiger partial charge in [-0.2, -0.15) is 0 Å². The second kappa shape index (κ2) is 4.84. The molecule has 0 saturated carbocycles. The SMILES string of the molecule is CC1CCN(C(=O)N2CCCC(C)(O)C2)CC1. The van der Waals surface area contributed by atoms with Gasteiger partial charge in [-0.3, -0.25) is 0 Å². The second-order valence-corrected chi connectivity index (χ2v) is 5.97. The zero-order chi connectivity index (χ0) is 12.5. The normalized spacial score (nSPS) is 31.7. The zero-order valence-corrected chi connectivity index (χ0v) is 11.0. The molecule has 2 fully saturated rings. The number of amides is 2. The minimum Gasteiger partial charge on any atom is -0.388 e. The summed E-state index contributed by atoms with van der Waals surface area (Å²) in [4.78, 5) is 16.1. The molecule has 0 aromatic rings. The van der Waals surface area contributed by atoms with Crippen molar-refractivity contribution in [3.05, 3.63) is 0 Å². The molecule has 0 aliphatic carbocycles. The van der Waals surface area contributed by atoms with Gasteiger partial charge in [-0.15, -0.1) is 0 Å². The lowest BCUT2D eigenvalue weighted by atomic mass is 9.95. The van der Waals surface area contributed by atoms with Crippen LogP contribution in [0.5, 0.6) is 0 Å². The van der Waals surface area contributed by atoms with Crippen molar-refractivity contribution in [3.63, 3.8) is 0 Å². The van der Waals surface area contributed by atoms with E-state index in [4.69, 9.17) is 0 Å². The highest BCUT2D eigenvalue weighted by molar-refractivity contribution is 5.74. The molecule has 4 nitrogen and oxygen atoms in total. The molecule has 2 aliphatic heterocycles. The van der Waals surface area contributed by atoms with E-state index in [1.54, 1.807) is 0 Å². The number of hydrogen-bond acceptors (Lipinski definition) is 2. The number of carbonyl (C=O) groups is 1. The van der Waals surface area contributed by atoms with Crippen molar-refractivity contribution in [1.29, 1.82) is 0 Å². The van der Waals surface area contributed by atoms with E-state index in [1.807, 2.05) is 16.7 Å². The van der Waals surface area contributed by atoms with Crippen LogP contribution in [0.15, 0.2) is 0 Å². The molecule has 0 aromatic heterocycles. The number of hydrogen-bond donors (Lipinski definition) is 1. The Balaban J connectivity index is 1.91. The Bertz CT molecular complexity index is 283. The van der Waals surface area contributed by atoms with Gasteiger partial charge >= 0.3 is 6.03 Å². The average molecular weight is 240 g/mol. The third kappa shape index (κ3) is 3.12. The summed E-state index contributed by atoms with van der Waals surface area (Å²) in [6.07, 6.45) is 3.92. The van der Waals surface area contributed by atoms with Crippen molar-refractivity contribution in [3.8, 4) is 0 Å².